The van der Waals surface area contributed by atoms with Gasteiger partial charge >= 0.3 is 0 Å². The highest BCUT2D eigenvalue weighted by Gasteiger charge is 2.23. The average Bonchev–Trinajstić information content (AvgIpc) is 2.57. The second-order valence-corrected chi connectivity index (χ2v) is 6.56. The number of carbonyl (C=O) groups excluding carboxylic acids is 1. The molecule has 0 N–H and O–H groups in total. The minimum Gasteiger partial charge on any atom is -0.366 e. The molecular formula is C18H17Cl2FN2O. The molecule has 0 radical (unpaired) electrons. The van der Waals surface area contributed by atoms with Crippen molar-refractivity contribution in [1.82, 2.24) is 4.90 Å². The second kappa shape index (κ2) is 7.41. The summed E-state index contributed by atoms with van der Waals surface area (Å²) in [6.07, 6.45) is 0.285. The SMILES string of the molecule is O=C(Cc1ccc(F)cc1)N1CCN(c2c(Cl)cccc2Cl)CC1. The van der Waals surface area contributed by atoms with Gasteiger partial charge in [-0.25, -0.2) is 4.39 Å². The minimum absolute atomic E-state index is 0.0477. The molecular weight excluding hydrogens is 350 g/mol. The molecule has 2 aromatic rings. The van der Waals surface area contributed by atoms with Crippen LogP contribution in [0.5, 0.6) is 0 Å². The van der Waals surface area contributed by atoms with Gasteiger partial charge in [-0.15, -0.1) is 0 Å². The van der Waals surface area contributed by atoms with E-state index in [0.29, 0.717) is 36.2 Å². The van der Waals surface area contributed by atoms with Crippen LogP contribution in [0.1, 0.15) is 5.56 Å². The van der Waals surface area contributed by atoms with Crippen molar-refractivity contribution in [2.75, 3.05) is 31.1 Å². The van der Waals surface area contributed by atoms with Crippen LogP contribution in [0.4, 0.5) is 10.1 Å². The van der Waals surface area contributed by atoms with Crippen molar-refractivity contribution in [3.8, 4) is 0 Å². The van der Waals surface area contributed by atoms with E-state index in [4.69, 9.17) is 23.2 Å². The molecule has 0 bridgehead atoms. The Morgan fingerprint density at radius 3 is 2.12 bits per heavy atom. The van der Waals surface area contributed by atoms with Crippen LogP contribution in [0, 0.1) is 5.82 Å². The molecule has 0 saturated carbocycles. The predicted octanol–water partition coefficient (Wildman–Crippen LogP) is 4.02. The van der Waals surface area contributed by atoms with Crippen molar-refractivity contribution in [2.45, 2.75) is 6.42 Å². The highest BCUT2D eigenvalue weighted by molar-refractivity contribution is 6.39. The van der Waals surface area contributed by atoms with E-state index in [0.717, 1.165) is 11.3 Å². The zero-order chi connectivity index (χ0) is 17.1. The van der Waals surface area contributed by atoms with Gasteiger partial charge in [-0.2, -0.15) is 0 Å². The van der Waals surface area contributed by atoms with Gasteiger partial charge in [-0.05, 0) is 29.8 Å². The summed E-state index contributed by atoms with van der Waals surface area (Å²) in [5.74, 6) is -0.247. The lowest BCUT2D eigenvalue weighted by molar-refractivity contribution is -0.130. The van der Waals surface area contributed by atoms with E-state index in [1.807, 2.05) is 23.1 Å². The van der Waals surface area contributed by atoms with E-state index >= 15 is 0 Å². The topological polar surface area (TPSA) is 23.6 Å². The average molecular weight is 367 g/mol. The Morgan fingerprint density at radius 1 is 0.958 bits per heavy atom. The lowest BCUT2D eigenvalue weighted by Gasteiger charge is -2.37. The number of benzene rings is 2. The molecule has 0 aromatic heterocycles. The van der Waals surface area contributed by atoms with Gasteiger partial charge in [-0.1, -0.05) is 41.4 Å². The number of hydrogen-bond donors (Lipinski definition) is 0. The number of hydrogen-bond acceptors (Lipinski definition) is 2. The third-order valence-corrected chi connectivity index (χ3v) is 4.76. The molecule has 3 nitrogen and oxygen atoms in total. The third kappa shape index (κ3) is 3.82. The van der Waals surface area contributed by atoms with Gasteiger partial charge in [0.25, 0.3) is 0 Å². The van der Waals surface area contributed by atoms with E-state index in [-0.39, 0.29) is 18.1 Å². The number of rotatable bonds is 3. The van der Waals surface area contributed by atoms with Gasteiger partial charge in [0.15, 0.2) is 0 Å². The molecule has 0 aliphatic carbocycles. The van der Waals surface area contributed by atoms with Gasteiger partial charge in [-0.3, -0.25) is 4.79 Å². The molecule has 126 valence electrons. The maximum Gasteiger partial charge on any atom is 0.227 e. The van der Waals surface area contributed by atoms with Crippen LogP contribution < -0.4 is 4.90 Å². The van der Waals surface area contributed by atoms with Crippen molar-refractivity contribution in [2.24, 2.45) is 0 Å². The van der Waals surface area contributed by atoms with E-state index in [1.54, 1.807) is 12.1 Å². The van der Waals surface area contributed by atoms with Crippen molar-refractivity contribution in [3.63, 3.8) is 0 Å². The first-order valence-electron chi connectivity index (χ1n) is 7.76. The van der Waals surface area contributed by atoms with Crippen LogP contribution in [0.3, 0.4) is 0 Å². The zero-order valence-electron chi connectivity index (χ0n) is 13.0. The smallest absolute Gasteiger partial charge is 0.227 e. The molecule has 6 heteroatoms. The summed E-state index contributed by atoms with van der Waals surface area (Å²) < 4.78 is 12.9. The fraction of sp³-hybridized carbons (Fsp3) is 0.278. The normalized spacial score (nSPS) is 14.8. The van der Waals surface area contributed by atoms with Gasteiger partial charge in [0.05, 0.1) is 22.2 Å². The molecule has 3 rings (SSSR count). The molecule has 0 atom stereocenters. The van der Waals surface area contributed by atoms with Crippen LogP contribution in [-0.4, -0.2) is 37.0 Å². The van der Waals surface area contributed by atoms with Gasteiger partial charge in [0.2, 0.25) is 5.91 Å². The minimum atomic E-state index is -0.295. The first-order chi connectivity index (χ1) is 11.5. The zero-order valence-corrected chi connectivity index (χ0v) is 14.5. The summed E-state index contributed by atoms with van der Waals surface area (Å²) in [6.45, 7) is 2.58. The summed E-state index contributed by atoms with van der Waals surface area (Å²) >= 11 is 12.5. The molecule has 1 aliphatic rings. The number of piperazine rings is 1. The highest BCUT2D eigenvalue weighted by Crippen LogP contribution is 2.34. The third-order valence-electron chi connectivity index (χ3n) is 4.15. The van der Waals surface area contributed by atoms with Crippen molar-refractivity contribution in [3.05, 3.63) is 63.9 Å². The Kier molecular flexibility index (Phi) is 5.27. The van der Waals surface area contributed by atoms with Crippen LogP contribution in [0.2, 0.25) is 10.0 Å². The van der Waals surface area contributed by atoms with Crippen molar-refractivity contribution in [1.29, 1.82) is 0 Å². The number of para-hydroxylation sites is 1. The maximum absolute atomic E-state index is 12.9. The molecule has 1 fully saturated rings. The highest BCUT2D eigenvalue weighted by atomic mass is 35.5. The summed E-state index contributed by atoms with van der Waals surface area (Å²) in [4.78, 5) is 16.3. The summed E-state index contributed by atoms with van der Waals surface area (Å²) in [5.41, 5.74) is 1.64. The summed E-state index contributed by atoms with van der Waals surface area (Å²) in [7, 11) is 0. The van der Waals surface area contributed by atoms with Gasteiger partial charge in [0.1, 0.15) is 5.82 Å². The van der Waals surface area contributed by atoms with E-state index in [1.165, 1.54) is 12.1 Å². The number of amides is 1. The second-order valence-electron chi connectivity index (χ2n) is 5.74. The molecule has 1 heterocycles. The van der Waals surface area contributed by atoms with Crippen molar-refractivity contribution >= 4 is 34.8 Å². The number of carbonyl (C=O) groups is 1. The number of halogens is 3. The van der Waals surface area contributed by atoms with Crippen LogP contribution >= 0.6 is 23.2 Å². The van der Waals surface area contributed by atoms with Gasteiger partial charge < -0.3 is 9.80 Å². The lowest BCUT2D eigenvalue weighted by Crippen LogP contribution is -2.49. The molecule has 1 aliphatic heterocycles. The Balaban J connectivity index is 1.60. The van der Waals surface area contributed by atoms with E-state index < -0.39 is 0 Å². The molecule has 24 heavy (non-hydrogen) atoms. The quantitative estimate of drug-likeness (QED) is 0.818. The van der Waals surface area contributed by atoms with Gasteiger partial charge in [0, 0.05) is 26.2 Å². The lowest BCUT2D eigenvalue weighted by atomic mass is 10.1. The van der Waals surface area contributed by atoms with Crippen LogP contribution in [-0.2, 0) is 11.2 Å². The Hall–Kier alpha value is -1.78. The Labute approximate surface area is 150 Å². The first kappa shape index (κ1) is 17.1. The molecule has 1 saturated heterocycles. The fourth-order valence-electron chi connectivity index (χ4n) is 2.86. The standard InChI is InChI=1S/C18H17Cl2FN2O/c19-15-2-1-3-16(20)18(15)23-10-8-22(9-11-23)17(24)12-13-4-6-14(21)7-5-13/h1-7H,8-12H2. The monoisotopic (exact) mass is 366 g/mol. The molecule has 0 unspecified atom stereocenters. The molecule has 1 amide bonds. The molecule has 0 spiro atoms. The van der Waals surface area contributed by atoms with Crippen molar-refractivity contribution < 1.29 is 9.18 Å². The molecule has 2 aromatic carbocycles. The summed E-state index contributed by atoms with van der Waals surface area (Å²) in [5, 5.41) is 1.24. The maximum atomic E-state index is 12.9. The Morgan fingerprint density at radius 2 is 1.54 bits per heavy atom. The fourth-order valence-corrected chi connectivity index (χ4v) is 3.50. The largest absolute Gasteiger partial charge is 0.366 e. The van der Waals surface area contributed by atoms with Crippen LogP contribution in [0.15, 0.2) is 42.5 Å². The van der Waals surface area contributed by atoms with E-state index in [2.05, 4.69) is 4.90 Å². The predicted molar refractivity (Wildman–Crippen MR) is 95.4 cm³/mol. The Bertz CT molecular complexity index is 708. The first-order valence-corrected chi connectivity index (χ1v) is 8.51. The number of nitrogens with zero attached hydrogens (tertiary/aromatic N) is 2. The van der Waals surface area contributed by atoms with E-state index in [9.17, 15) is 9.18 Å². The summed E-state index contributed by atoms with van der Waals surface area (Å²) in [6, 6.07) is 11.5. The van der Waals surface area contributed by atoms with Crippen LogP contribution in [0.25, 0.3) is 0 Å². The number of anilines is 1.